The normalized spacial score (nSPS) is 19.2. The van der Waals surface area contributed by atoms with Crippen molar-refractivity contribution in [1.82, 2.24) is 19.8 Å². The van der Waals surface area contributed by atoms with Gasteiger partial charge in [0.05, 0.1) is 6.61 Å². The van der Waals surface area contributed by atoms with Gasteiger partial charge in [-0.25, -0.2) is 9.97 Å². The first-order chi connectivity index (χ1) is 12.3. The molecule has 1 aliphatic heterocycles. The van der Waals surface area contributed by atoms with Crippen LogP contribution in [0.3, 0.4) is 0 Å². The number of nitrogens with zero attached hydrogens (tertiary/aromatic N) is 4. The lowest BCUT2D eigenvalue weighted by molar-refractivity contribution is -0.174. The highest BCUT2D eigenvalue weighted by molar-refractivity contribution is 5.73. The number of amides is 1. The molecule has 0 N–H and O–H groups in total. The van der Waals surface area contributed by atoms with Gasteiger partial charge in [0.2, 0.25) is 5.91 Å². The average Bonchev–Trinajstić information content (AvgIpc) is 2.82. The Hall–Kier alpha value is -1.74. The van der Waals surface area contributed by atoms with Crippen LogP contribution in [0.4, 0.5) is 13.2 Å². The second-order valence-electron chi connectivity index (χ2n) is 6.49. The maximum atomic E-state index is 12.1. The molecule has 0 saturated carbocycles. The number of ether oxygens (including phenoxy) is 1. The lowest BCUT2D eigenvalue weighted by atomic mass is 10.1. The topological polar surface area (TPSA) is 58.6 Å². The van der Waals surface area contributed by atoms with Gasteiger partial charge in [0.25, 0.3) is 0 Å². The van der Waals surface area contributed by atoms with E-state index in [2.05, 4.69) is 19.6 Å². The number of halogens is 3. The summed E-state index contributed by atoms with van der Waals surface area (Å²) in [4.78, 5) is 24.0. The molecule has 1 amide bonds. The standard InChI is InChI=1S/C17H25F3N4O2/c1-14(25)24(11-15-9-21-13-22-10-15)16-3-2-5-23(6-4-16)7-8-26-12-17(18,19)20/h9-10,13,16H,2-8,11-12H2,1H3. The number of alkyl halides is 3. The SMILES string of the molecule is CC(=O)N(Cc1cncnc1)C1CCCN(CCOCC(F)(F)F)CC1. The third kappa shape index (κ3) is 7.25. The van der Waals surface area contributed by atoms with E-state index < -0.39 is 12.8 Å². The molecular weight excluding hydrogens is 349 g/mol. The summed E-state index contributed by atoms with van der Waals surface area (Å²) < 4.78 is 41.0. The molecule has 1 saturated heterocycles. The van der Waals surface area contributed by atoms with Crippen molar-refractivity contribution in [3.8, 4) is 0 Å². The van der Waals surface area contributed by atoms with Gasteiger partial charge in [-0.2, -0.15) is 13.2 Å². The van der Waals surface area contributed by atoms with Crippen LogP contribution in [0.25, 0.3) is 0 Å². The van der Waals surface area contributed by atoms with Crippen LogP contribution in [0.5, 0.6) is 0 Å². The summed E-state index contributed by atoms with van der Waals surface area (Å²) in [5.41, 5.74) is 0.879. The molecular formula is C17H25F3N4O2. The van der Waals surface area contributed by atoms with Gasteiger partial charge < -0.3 is 14.5 Å². The zero-order valence-electron chi connectivity index (χ0n) is 14.9. The second-order valence-corrected chi connectivity index (χ2v) is 6.49. The molecule has 1 atom stereocenters. The molecule has 1 aromatic heterocycles. The van der Waals surface area contributed by atoms with E-state index in [0.29, 0.717) is 13.1 Å². The van der Waals surface area contributed by atoms with Crippen LogP contribution in [0, 0.1) is 0 Å². The zero-order chi connectivity index (χ0) is 19.0. The lowest BCUT2D eigenvalue weighted by Gasteiger charge is -2.30. The van der Waals surface area contributed by atoms with Gasteiger partial charge >= 0.3 is 6.18 Å². The monoisotopic (exact) mass is 374 g/mol. The number of carbonyl (C=O) groups is 1. The van der Waals surface area contributed by atoms with Crippen molar-refractivity contribution in [3.05, 3.63) is 24.3 Å². The van der Waals surface area contributed by atoms with Crippen LogP contribution in [0.2, 0.25) is 0 Å². The van der Waals surface area contributed by atoms with Crippen LogP contribution in [0.1, 0.15) is 31.7 Å². The van der Waals surface area contributed by atoms with Crippen molar-refractivity contribution < 1.29 is 22.7 Å². The van der Waals surface area contributed by atoms with Crippen molar-refractivity contribution in [2.45, 2.75) is 44.9 Å². The molecule has 1 aliphatic rings. The Labute approximate surface area is 151 Å². The molecule has 6 nitrogen and oxygen atoms in total. The van der Waals surface area contributed by atoms with Crippen molar-refractivity contribution in [2.75, 3.05) is 32.8 Å². The summed E-state index contributed by atoms with van der Waals surface area (Å²) in [6.45, 7) is 2.87. The van der Waals surface area contributed by atoms with Crippen molar-refractivity contribution in [3.63, 3.8) is 0 Å². The van der Waals surface area contributed by atoms with E-state index >= 15 is 0 Å². The fourth-order valence-electron chi connectivity index (χ4n) is 3.16. The minimum absolute atomic E-state index is 0.000753. The van der Waals surface area contributed by atoms with Crippen LogP contribution in [-0.2, 0) is 16.1 Å². The third-order valence-corrected chi connectivity index (χ3v) is 4.42. The van der Waals surface area contributed by atoms with Crippen molar-refractivity contribution >= 4 is 5.91 Å². The van der Waals surface area contributed by atoms with E-state index in [1.54, 1.807) is 19.3 Å². The number of aromatic nitrogens is 2. The maximum Gasteiger partial charge on any atom is 0.411 e. The van der Waals surface area contributed by atoms with E-state index in [-0.39, 0.29) is 18.6 Å². The Balaban J connectivity index is 1.82. The van der Waals surface area contributed by atoms with Crippen LogP contribution in [-0.4, -0.2) is 70.7 Å². The summed E-state index contributed by atoms with van der Waals surface area (Å²) >= 11 is 0. The van der Waals surface area contributed by atoms with Crippen molar-refractivity contribution in [2.24, 2.45) is 0 Å². The Morgan fingerprint density at radius 2 is 2.04 bits per heavy atom. The van der Waals surface area contributed by atoms with Gasteiger partial charge in [0, 0.05) is 50.6 Å². The Morgan fingerprint density at radius 3 is 2.69 bits per heavy atom. The molecule has 26 heavy (non-hydrogen) atoms. The molecule has 0 bridgehead atoms. The molecule has 0 radical (unpaired) electrons. The summed E-state index contributed by atoms with van der Waals surface area (Å²) in [5.74, 6) is 0.000753. The molecule has 0 aliphatic carbocycles. The Bertz CT molecular complexity index is 557. The van der Waals surface area contributed by atoms with Crippen LogP contribution in [0.15, 0.2) is 18.7 Å². The molecule has 1 unspecified atom stereocenters. The zero-order valence-corrected chi connectivity index (χ0v) is 14.9. The summed E-state index contributed by atoms with van der Waals surface area (Å²) in [7, 11) is 0. The van der Waals surface area contributed by atoms with Gasteiger partial charge in [-0.05, 0) is 25.8 Å². The molecule has 2 rings (SSSR count). The fraction of sp³-hybridized carbons (Fsp3) is 0.706. The smallest absolute Gasteiger partial charge is 0.371 e. The van der Waals surface area contributed by atoms with Gasteiger partial charge in [-0.3, -0.25) is 4.79 Å². The first-order valence-electron chi connectivity index (χ1n) is 8.73. The minimum atomic E-state index is -4.28. The van der Waals surface area contributed by atoms with E-state index in [1.165, 1.54) is 6.33 Å². The molecule has 0 aromatic carbocycles. The van der Waals surface area contributed by atoms with Crippen LogP contribution < -0.4 is 0 Å². The molecule has 9 heteroatoms. The van der Waals surface area contributed by atoms with E-state index in [4.69, 9.17) is 0 Å². The molecule has 1 aromatic rings. The number of carbonyl (C=O) groups excluding carboxylic acids is 1. The number of hydrogen-bond acceptors (Lipinski definition) is 5. The van der Waals surface area contributed by atoms with Gasteiger partial charge in [0.15, 0.2) is 0 Å². The van der Waals surface area contributed by atoms with E-state index in [9.17, 15) is 18.0 Å². The number of rotatable bonds is 7. The quantitative estimate of drug-likeness (QED) is 0.685. The Morgan fingerprint density at radius 1 is 1.31 bits per heavy atom. The largest absolute Gasteiger partial charge is 0.411 e. The second kappa shape index (κ2) is 9.82. The highest BCUT2D eigenvalue weighted by atomic mass is 19.4. The molecule has 146 valence electrons. The summed E-state index contributed by atoms with van der Waals surface area (Å²) in [6, 6.07) is 0.105. The Kier molecular flexibility index (Phi) is 7.77. The maximum absolute atomic E-state index is 12.1. The summed E-state index contributed by atoms with van der Waals surface area (Å²) in [5, 5.41) is 0. The van der Waals surface area contributed by atoms with Crippen molar-refractivity contribution in [1.29, 1.82) is 0 Å². The predicted octanol–water partition coefficient (Wildman–Crippen LogP) is 2.26. The minimum Gasteiger partial charge on any atom is -0.371 e. The highest BCUT2D eigenvalue weighted by Gasteiger charge is 2.28. The van der Waals surface area contributed by atoms with E-state index in [0.717, 1.165) is 37.9 Å². The first-order valence-corrected chi connectivity index (χ1v) is 8.73. The van der Waals surface area contributed by atoms with Gasteiger partial charge in [0.1, 0.15) is 12.9 Å². The lowest BCUT2D eigenvalue weighted by Crippen LogP contribution is -2.39. The van der Waals surface area contributed by atoms with Gasteiger partial charge in [-0.1, -0.05) is 0 Å². The first kappa shape index (κ1) is 20.6. The summed E-state index contributed by atoms with van der Waals surface area (Å²) in [6.07, 6.45) is 3.10. The molecule has 2 heterocycles. The van der Waals surface area contributed by atoms with Gasteiger partial charge in [-0.15, -0.1) is 0 Å². The third-order valence-electron chi connectivity index (χ3n) is 4.42. The number of likely N-dealkylation sites (tertiary alicyclic amines) is 1. The predicted molar refractivity (Wildman–Crippen MR) is 89.2 cm³/mol. The molecule has 0 spiro atoms. The van der Waals surface area contributed by atoms with E-state index in [1.807, 2.05) is 4.90 Å². The number of hydrogen-bond donors (Lipinski definition) is 0. The fourth-order valence-corrected chi connectivity index (χ4v) is 3.16. The average molecular weight is 374 g/mol. The molecule has 1 fully saturated rings. The van der Waals surface area contributed by atoms with Crippen LogP contribution >= 0.6 is 0 Å². The highest BCUT2D eigenvalue weighted by Crippen LogP contribution is 2.19.